The van der Waals surface area contributed by atoms with E-state index in [4.69, 9.17) is 10.2 Å². The molecule has 0 radical (unpaired) electrons. The number of aromatic nitrogens is 1. The third-order valence-corrected chi connectivity index (χ3v) is 3.04. The summed E-state index contributed by atoms with van der Waals surface area (Å²) in [5.41, 5.74) is 9.80. The van der Waals surface area contributed by atoms with Crippen LogP contribution in [0.1, 0.15) is 11.1 Å². The van der Waals surface area contributed by atoms with E-state index in [0.29, 0.717) is 34.1 Å². The van der Waals surface area contributed by atoms with Crippen molar-refractivity contribution in [2.75, 3.05) is 11.1 Å². The number of nitrogens with zero attached hydrogens (tertiary/aromatic N) is 2. The quantitative estimate of drug-likeness (QED) is 0.693. The Labute approximate surface area is 115 Å². The lowest BCUT2D eigenvalue weighted by Crippen LogP contribution is -1.95. The normalized spacial score (nSPS) is 10.4. The lowest BCUT2D eigenvalue weighted by molar-refractivity contribution is 0.623. The first kappa shape index (κ1) is 12.1. The van der Waals surface area contributed by atoms with E-state index in [1.54, 1.807) is 18.2 Å². The van der Waals surface area contributed by atoms with Gasteiger partial charge in [0.2, 0.25) is 0 Å². The minimum atomic E-state index is 0.340. The predicted octanol–water partition coefficient (Wildman–Crippen LogP) is 3.33. The third kappa shape index (κ3) is 2.04. The second kappa shape index (κ2) is 4.59. The molecule has 0 aliphatic heterocycles. The highest BCUT2D eigenvalue weighted by atomic mass is 16.4. The zero-order valence-electron chi connectivity index (χ0n) is 10.8. The number of hydrogen-bond donors (Lipinski definition) is 2. The van der Waals surface area contributed by atoms with E-state index in [0.717, 1.165) is 5.56 Å². The van der Waals surface area contributed by atoms with Crippen molar-refractivity contribution in [2.45, 2.75) is 6.92 Å². The van der Waals surface area contributed by atoms with Gasteiger partial charge in [0, 0.05) is 11.8 Å². The van der Waals surface area contributed by atoms with Gasteiger partial charge in [0.1, 0.15) is 11.6 Å². The molecule has 0 spiro atoms. The second-order valence-electron chi connectivity index (χ2n) is 4.48. The SMILES string of the molecule is Cc1cccc(Nc2nc3ccc(N)cc3o2)c1C#N. The van der Waals surface area contributed by atoms with Crippen molar-refractivity contribution in [3.05, 3.63) is 47.5 Å². The molecule has 1 aromatic heterocycles. The van der Waals surface area contributed by atoms with Crippen LogP contribution in [0.25, 0.3) is 11.1 Å². The molecule has 20 heavy (non-hydrogen) atoms. The number of anilines is 3. The minimum absolute atomic E-state index is 0.340. The molecule has 0 saturated carbocycles. The highest BCUT2D eigenvalue weighted by Gasteiger charge is 2.10. The number of fused-ring (bicyclic) bond motifs is 1. The summed E-state index contributed by atoms with van der Waals surface area (Å²) in [7, 11) is 0. The van der Waals surface area contributed by atoms with Gasteiger partial charge in [-0.1, -0.05) is 12.1 Å². The number of nitrogen functional groups attached to an aromatic ring is 1. The average Bonchev–Trinajstić information content (AvgIpc) is 2.80. The van der Waals surface area contributed by atoms with E-state index < -0.39 is 0 Å². The first-order chi connectivity index (χ1) is 9.67. The van der Waals surface area contributed by atoms with Gasteiger partial charge in [-0.05, 0) is 30.7 Å². The summed E-state index contributed by atoms with van der Waals surface area (Å²) in [4.78, 5) is 4.31. The number of nitriles is 1. The number of oxazole rings is 1. The summed E-state index contributed by atoms with van der Waals surface area (Å²) in [6.07, 6.45) is 0. The molecule has 1 heterocycles. The Balaban J connectivity index is 2.02. The van der Waals surface area contributed by atoms with Crippen LogP contribution in [-0.2, 0) is 0 Å². The molecule has 0 aliphatic rings. The fourth-order valence-electron chi connectivity index (χ4n) is 2.03. The van der Waals surface area contributed by atoms with E-state index in [1.165, 1.54) is 0 Å². The van der Waals surface area contributed by atoms with Gasteiger partial charge in [-0.25, -0.2) is 0 Å². The molecule has 5 heteroatoms. The largest absolute Gasteiger partial charge is 0.423 e. The minimum Gasteiger partial charge on any atom is -0.423 e. The van der Waals surface area contributed by atoms with E-state index in [1.807, 2.05) is 25.1 Å². The summed E-state index contributed by atoms with van der Waals surface area (Å²) in [5.74, 6) is 0. The summed E-state index contributed by atoms with van der Waals surface area (Å²) in [6.45, 7) is 1.89. The van der Waals surface area contributed by atoms with Crippen molar-refractivity contribution in [1.29, 1.82) is 5.26 Å². The monoisotopic (exact) mass is 264 g/mol. The van der Waals surface area contributed by atoms with Gasteiger partial charge < -0.3 is 15.5 Å². The molecule has 0 amide bonds. The van der Waals surface area contributed by atoms with Crippen molar-refractivity contribution in [3.63, 3.8) is 0 Å². The molecule has 3 aromatic rings. The Hall–Kier alpha value is -3.00. The Morgan fingerprint density at radius 1 is 1.30 bits per heavy atom. The van der Waals surface area contributed by atoms with Crippen molar-refractivity contribution < 1.29 is 4.42 Å². The van der Waals surface area contributed by atoms with Crippen LogP contribution in [-0.4, -0.2) is 4.98 Å². The molecule has 2 aromatic carbocycles. The van der Waals surface area contributed by atoms with Crippen molar-refractivity contribution in [3.8, 4) is 6.07 Å². The molecule has 0 aliphatic carbocycles. The Kier molecular flexibility index (Phi) is 2.77. The number of benzene rings is 2. The number of rotatable bonds is 2. The van der Waals surface area contributed by atoms with Gasteiger partial charge in [0.05, 0.1) is 11.3 Å². The highest BCUT2D eigenvalue weighted by Crippen LogP contribution is 2.26. The maximum absolute atomic E-state index is 9.20. The lowest BCUT2D eigenvalue weighted by Gasteiger charge is -2.05. The van der Waals surface area contributed by atoms with Crippen LogP contribution in [0.5, 0.6) is 0 Å². The second-order valence-corrected chi connectivity index (χ2v) is 4.48. The number of nitrogens with two attached hydrogens (primary N) is 1. The highest BCUT2D eigenvalue weighted by molar-refractivity contribution is 5.79. The fourth-order valence-corrected chi connectivity index (χ4v) is 2.03. The zero-order chi connectivity index (χ0) is 14.1. The summed E-state index contributed by atoms with van der Waals surface area (Å²) >= 11 is 0. The molecule has 3 N–H and O–H groups in total. The number of aryl methyl sites for hydroxylation is 1. The van der Waals surface area contributed by atoms with Crippen molar-refractivity contribution >= 4 is 28.5 Å². The molecular weight excluding hydrogens is 252 g/mol. The summed E-state index contributed by atoms with van der Waals surface area (Å²) < 4.78 is 5.58. The summed E-state index contributed by atoms with van der Waals surface area (Å²) in [6, 6.07) is 13.4. The van der Waals surface area contributed by atoms with Crippen LogP contribution >= 0.6 is 0 Å². The Bertz CT molecular complexity index is 829. The molecule has 0 atom stereocenters. The third-order valence-electron chi connectivity index (χ3n) is 3.04. The first-order valence-corrected chi connectivity index (χ1v) is 6.10. The van der Waals surface area contributed by atoms with Crippen LogP contribution in [0.2, 0.25) is 0 Å². The molecule has 3 rings (SSSR count). The molecule has 5 nitrogen and oxygen atoms in total. The molecule has 0 fully saturated rings. The maximum Gasteiger partial charge on any atom is 0.300 e. The van der Waals surface area contributed by atoms with Crippen LogP contribution in [0.15, 0.2) is 40.8 Å². The Morgan fingerprint density at radius 3 is 2.95 bits per heavy atom. The average molecular weight is 264 g/mol. The van der Waals surface area contributed by atoms with Gasteiger partial charge in [-0.15, -0.1) is 0 Å². The van der Waals surface area contributed by atoms with Crippen LogP contribution in [0.4, 0.5) is 17.4 Å². The van der Waals surface area contributed by atoms with Gasteiger partial charge in [0.25, 0.3) is 6.01 Å². The number of hydrogen-bond acceptors (Lipinski definition) is 5. The zero-order valence-corrected chi connectivity index (χ0v) is 10.8. The number of nitrogens with one attached hydrogen (secondary N) is 1. The molecule has 0 unspecified atom stereocenters. The van der Waals surface area contributed by atoms with Crippen LogP contribution in [0.3, 0.4) is 0 Å². The van der Waals surface area contributed by atoms with Gasteiger partial charge in [0.15, 0.2) is 5.58 Å². The van der Waals surface area contributed by atoms with Gasteiger partial charge in [-0.3, -0.25) is 0 Å². The Morgan fingerprint density at radius 2 is 2.15 bits per heavy atom. The fraction of sp³-hybridized carbons (Fsp3) is 0.0667. The van der Waals surface area contributed by atoms with Gasteiger partial charge in [-0.2, -0.15) is 10.2 Å². The molecule has 98 valence electrons. The van der Waals surface area contributed by atoms with Crippen LogP contribution in [0, 0.1) is 18.3 Å². The smallest absolute Gasteiger partial charge is 0.300 e. The molecular formula is C15H12N4O. The first-order valence-electron chi connectivity index (χ1n) is 6.10. The van der Waals surface area contributed by atoms with Crippen molar-refractivity contribution in [2.24, 2.45) is 0 Å². The molecule has 0 bridgehead atoms. The summed E-state index contributed by atoms with van der Waals surface area (Å²) in [5, 5.41) is 12.2. The van der Waals surface area contributed by atoms with E-state index in [9.17, 15) is 5.26 Å². The molecule has 0 saturated heterocycles. The predicted molar refractivity (Wildman–Crippen MR) is 77.6 cm³/mol. The van der Waals surface area contributed by atoms with Crippen LogP contribution < -0.4 is 11.1 Å². The standard InChI is InChI=1S/C15H12N4O/c1-9-3-2-4-12(11(9)8-16)18-15-19-13-6-5-10(17)7-14(13)20-15/h2-7H,17H2,1H3,(H,18,19). The van der Waals surface area contributed by atoms with E-state index >= 15 is 0 Å². The maximum atomic E-state index is 9.20. The van der Waals surface area contributed by atoms with E-state index in [2.05, 4.69) is 16.4 Å². The van der Waals surface area contributed by atoms with Crippen molar-refractivity contribution in [1.82, 2.24) is 4.98 Å². The van der Waals surface area contributed by atoms with Gasteiger partial charge >= 0.3 is 0 Å². The topological polar surface area (TPSA) is 87.9 Å². The lowest BCUT2D eigenvalue weighted by atomic mass is 10.1. The van der Waals surface area contributed by atoms with E-state index in [-0.39, 0.29) is 0 Å².